The number of thiophene rings is 1. The minimum Gasteiger partial charge on any atom is -0.356 e. The summed E-state index contributed by atoms with van der Waals surface area (Å²) in [5.74, 6) is 0.994. The second kappa shape index (κ2) is 10.3. The maximum absolute atomic E-state index is 12.6. The predicted molar refractivity (Wildman–Crippen MR) is 127 cm³/mol. The molecule has 6 nitrogen and oxygen atoms in total. The first-order chi connectivity index (χ1) is 15.1. The molecule has 3 heterocycles. The Morgan fingerprint density at radius 1 is 1.26 bits per heavy atom. The van der Waals surface area contributed by atoms with E-state index in [1.54, 1.807) is 18.4 Å². The van der Waals surface area contributed by atoms with Crippen LogP contribution in [-0.4, -0.2) is 60.4 Å². The summed E-state index contributed by atoms with van der Waals surface area (Å²) in [6.45, 7) is 6.44. The van der Waals surface area contributed by atoms with E-state index < -0.39 is 0 Å². The van der Waals surface area contributed by atoms with Gasteiger partial charge in [0.05, 0.1) is 0 Å². The first kappa shape index (κ1) is 21.8. The molecular weight excluding hydrogens is 406 g/mol. The van der Waals surface area contributed by atoms with E-state index in [0.717, 1.165) is 45.0 Å². The molecule has 0 radical (unpaired) electrons. The molecule has 2 N–H and O–H groups in total. The van der Waals surface area contributed by atoms with Crippen molar-refractivity contribution in [3.63, 3.8) is 0 Å². The number of fused-ring (bicyclic) bond motifs is 1. The Hall–Kier alpha value is -2.38. The van der Waals surface area contributed by atoms with Crippen molar-refractivity contribution in [1.29, 1.82) is 0 Å². The van der Waals surface area contributed by atoms with Gasteiger partial charge in [-0.3, -0.25) is 14.7 Å². The maximum Gasteiger partial charge on any atom is 0.224 e. The second-order valence-electron chi connectivity index (χ2n) is 8.52. The molecule has 2 aromatic rings. The molecule has 166 valence electrons. The number of nitrogens with zero attached hydrogens (tertiary/aromatic N) is 3. The zero-order valence-corrected chi connectivity index (χ0v) is 19.3. The fourth-order valence-corrected chi connectivity index (χ4v) is 5.43. The standard InChI is InChI=1S/C24H33N5OS/c1-18-14-21(17-29(18)15-19-6-4-3-5-7-19)27-24(25-2)26-11-8-23(30)28-12-9-22-20(16-28)10-13-31-22/h3-7,10,13,18,21H,8-9,11-12,14-17H2,1-2H3,(H2,25,26,27). The lowest BCUT2D eigenvalue weighted by Gasteiger charge is -2.27. The van der Waals surface area contributed by atoms with Gasteiger partial charge in [-0.2, -0.15) is 0 Å². The van der Waals surface area contributed by atoms with Crippen molar-refractivity contribution in [2.75, 3.05) is 26.7 Å². The molecule has 1 aromatic heterocycles. The third kappa shape index (κ3) is 5.66. The van der Waals surface area contributed by atoms with Crippen molar-refractivity contribution in [1.82, 2.24) is 20.4 Å². The molecule has 2 aliphatic rings. The van der Waals surface area contributed by atoms with E-state index in [2.05, 4.69) is 69.2 Å². The van der Waals surface area contributed by atoms with Gasteiger partial charge in [-0.25, -0.2) is 0 Å². The minimum absolute atomic E-state index is 0.211. The average Bonchev–Trinajstić information content (AvgIpc) is 3.39. The summed E-state index contributed by atoms with van der Waals surface area (Å²) in [6, 6.07) is 13.7. The van der Waals surface area contributed by atoms with Gasteiger partial charge in [-0.15, -0.1) is 11.3 Å². The van der Waals surface area contributed by atoms with Crippen molar-refractivity contribution in [2.24, 2.45) is 4.99 Å². The Morgan fingerprint density at radius 2 is 2.10 bits per heavy atom. The van der Waals surface area contributed by atoms with Gasteiger partial charge in [-0.1, -0.05) is 30.3 Å². The van der Waals surface area contributed by atoms with Gasteiger partial charge < -0.3 is 15.5 Å². The summed E-state index contributed by atoms with van der Waals surface area (Å²) in [6.07, 6.45) is 2.55. The molecule has 1 fully saturated rings. The van der Waals surface area contributed by atoms with Crippen molar-refractivity contribution in [2.45, 2.75) is 51.4 Å². The lowest BCUT2D eigenvalue weighted by Crippen LogP contribution is -2.45. The van der Waals surface area contributed by atoms with Gasteiger partial charge in [0.2, 0.25) is 5.91 Å². The summed E-state index contributed by atoms with van der Waals surface area (Å²) < 4.78 is 0. The Labute approximate surface area is 189 Å². The molecule has 2 aliphatic heterocycles. The van der Waals surface area contributed by atoms with Crippen LogP contribution in [-0.2, 0) is 24.3 Å². The van der Waals surface area contributed by atoms with Gasteiger partial charge in [0.25, 0.3) is 0 Å². The van der Waals surface area contributed by atoms with E-state index in [1.807, 2.05) is 4.90 Å². The van der Waals surface area contributed by atoms with Gasteiger partial charge in [0.15, 0.2) is 5.96 Å². The number of guanidine groups is 1. The number of hydrogen-bond donors (Lipinski definition) is 2. The zero-order chi connectivity index (χ0) is 21.6. The second-order valence-corrected chi connectivity index (χ2v) is 9.52. The van der Waals surface area contributed by atoms with E-state index in [-0.39, 0.29) is 5.91 Å². The SMILES string of the molecule is CN=C(NCCC(=O)N1CCc2sccc2C1)NC1CC(C)N(Cc2ccccc2)C1. The average molecular weight is 440 g/mol. The summed E-state index contributed by atoms with van der Waals surface area (Å²) in [5.41, 5.74) is 2.66. The Morgan fingerprint density at radius 3 is 2.90 bits per heavy atom. The number of benzene rings is 1. The van der Waals surface area contributed by atoms with Crippen molar-refractivity contribution >= 4 is 23.2 Å². The van der Waals surface area contributed by atoms with Crippen LogP contribution in [0.3, 0.4) is 0 Å². The highest BCUT2D eigenvalue weighted by Gasteiger charge is 2.29. The molecule has 2 atom stereocenters. The molecule has 0 spiro atoms. The fourth-order valence-electron chi connectivity index (χ4n) is 4.54. The summed E-state index contributed by atoms with van der Waals surface area (Å²) in [4.78, 5) is 22.9. The molecule has 1 saturated heterocycles. The van der Waals surface area contributed by atoms with Crippen LogP contribution in [0.5, 0.6) is 0 Å². The number of likely N-dealkylation sites (tertiary alicyclic amines) is 1. The quantitative estimate of drug-likeness (QED) is 0.537. The van der Waals surface area contributed by atoms with Gasteiger partial charge in [-0.05, 0) is 42.3 Å². The van der Waals surface area contributed by atoms with Crippen LogP contribution in [0.15, 0.2) is 46.8 Å². The van der Waals surface area contributed by atoms with E-state index in [1.165, 1.54) is 16.0 Å². The topological polar surface area (TPSA) is 60.0 Å². The Kier molecular flexibility index (Phi) is 7.25. The normalized spacial score (nSPS) is 21.7. The Bertz CT molecular complexity index is 896. The van der Waals surface area contributed by atoms with Crippen LogP contribution in [0.1, 0.15) is 35.8 Å². The third-order valence-corrected chi connectivity index (χ3v) is 7.31. The first-order valence-corrected chi connectivity index (χ1v) is 12.1. The zero-order valence-electron chi connectivity index (χ0n) is 18.5. The van der Waals surface area contributed by atoms with E-state index >= 15 is 0 Å². The van der Waals surface area contributed by atoms with E-state index in [0.29, 0.717) is 25.0 Å². The van der Waals surface area contributed by atoms with Crippen LogP contribution in [0, 0.1) is 0 Å². The van der Waals surface area contributed by atoms with E-state index in [4.69, 9.17) is 0 Å². The first-order valence-electron chi connectivity index (χ1n) is 11.2. The number of aliphatic imine (C=N–C) groups is 1. The largest absolute Gasteiger partial charge is 0.356 e. The Balaban J connectivity index is 1.20. The number of carbonyl (C=O) groups excluding carboxylic acids is 1. The van der Waals surface area contributed by atoms with Crippen LogP contribution in [0.25, 0.3) is 0 Å². The lowest BCUT2D eigenvalue weighted by molar-refractivity contribution is -0.131. The third-order valence-electron chi connectivity index (χ3n) is 6.29. The highest BCUT2D eigenvalue weighted by atomic mass is 32.1. The number of carbonyl (C=O) groups is 1. The molecule has 7 heteroatoms. The number of amides is 1. The van der Waals surface area contributed by atoms with Crippen molar-refractivity contribution in [3.8, 4) is 0 Å². The highest BCUT2D eigenvalue weighted by molar-refractivity contribution is 7.10. The van der Waals surface area contributed by atoms with Crippen LogP contribution in [0.4, 0.5) is 0 Å². The fraction of sp³-hybridized carbons (Fsp3) is 0.500. The van der Waals surface area contributed by atoms with E-state index in [9.17, 15) is 4.79 Å². The van der Waals surface area contributed by atoms with Gasteiger partial charge >= 0.3 is 0 Å². The lowest BCUT2D eigenvalue weighted by atomic mass is 10.1. The number of hydrogen-bond acceptors (Lipinski definition) is 4. The van der Waals surface area contributed by atoms with Crippen LogP contribution in [0.2, 0.25) is 0 Å². The molecule has 4 rings (SSSR count). The molecule has 1 aromatic carbocycles. The number of rotatable bonds is 6. The molecule has 0 bridgehead atoms. The minimum atomic E-state index is 0.211. The molecule has 2 unspecified atom stereocenters. The van der Waals surface area contributed by atoms with Crippen molar-refractivity contribution in [3.05, 3.63) is 57.8 Å². The predicted octanol–water partition coefficient (Wildman–Crippen LogP) is 2.85. The summed E-state index contributed by atoms with van der Waals surface area (Å²) in [5, 5.41) is 9.01. The molecule has 31 heavy (non-hydrogen) atoms. The van der Waals surface area contributed by atoms with Gasteiger partial charge in [0.1, 0.15) is 0 Å². The van der Waals surface area contributed by atoms with Crippen LogP contribution >= 0.6 is 11.3 Å². The molecule has 0 saturated carbocycles. The van der Waals surface area contributed by atoms with Crippen LogP contribution < -0.4 is 10.6 Å². The summed E-state index contributed by atoms with van der Waals surface area (Å²) >= 11 is 1.80. The molecule has 1 amide bonds. The van der Waals surface area contributed by atoms with Crippen molar-refractivity contribution < 1.29 is 4.79 Å². The summed E-state index contributed by atoms with van der Waals surface area (Å²) in [7, 11) is 1.79. The monoisotopic (exact) mass is 439 g/mol. The smallest absolute Gasteiger partial charge is 0.224 e. The van der Waals surface area contributed by atoms with Gasteiger partial charge in [0, 0.05) is 63.2 Å². The highest BCUT2D eigenvalue weighted by Crippen LogP contribution is 2.24. The molecular formula is C24H33N5OS. The number of nitrogens with one attached hydrogen (secondary N) is 2. The molecule has 0 aliphatic carbocycles. The maximum atomic E-state index is 12.6.